The third-order valence-electron chi connectivity index (χ3n) is 5.73. The number of piperidine rings is 1. The van der Waals surface area contributed by atoms with Crippen molar-refractivity contribution in [2.45, 2.75) is 52.1 Å². The number of ether oxygens (including phenoxy) is 2. The summed E-state index contributed by atoms with van der Waals surface area (Å²) in [6, 6.07) is 3.96. The van der Waals surface area contributed by atoms with Crippen molar-refractivity contribution >= 4 is 11.6 Å². The van der Waals surface area contributed by atoms with Gasteiger partial charge in [-0.15, -0.1) is 0 Å². The Bertz CT molecular complexity index is 663. The Kier molecular flexibility index (Phi) is 5.07. The first kappa shape index (κ1) is 17.7. The average Bonchev–Trinajstić information content (AvgIpc) is 3.36. The minimum atomic E-state index is 0.0908. The summed E-state index contributed by atoms with van der Waals surface area (Å²) in [5.41, 5.74) is 1.90. The zero-order valence-electron chi connectivity index (χ0n) is 15.9. The fourth-order valence-corrected chi connectivity index (χ4v) is 4.09. The maximum atomic E-state index is 12.8. The van der Waals surface area contributed by atoms with Crippen LogP contribution in [0.3, 0.4) is 0 Å². The highest BCUT2D eigenvalue weighted by Gasteiger charge is 2.30. The number of hydrogen-bond donors (Lipinski definition) is 1. The number of benzene rings is 1. The quantitative estimate of drug-likeness (QED) is 0.846. The lowest BCUT2D eigenvalue weighted by Gasteiger charge is -2.31. The van der Waals surface area contributed by atoms with Crippen LogP contribution in [0.15, 0.2) is 12.1 Å². The summed E-state index contributed by atoms with van der Waals surface area (Å²) in [7, 11) is 0. The molecule has 1 amide bonds. The number of amides is 1. The molecule has 5 heteroatoms. The van der Waals surface area contributed by atoms with Crippen LogP contribution in [0.25, 0.3) is 0 Å². The van der Waals surface area contributed by atoms with Crippen molar-refractivity contribution in [3.63, 3.8) is 0 Å². The molecular weight excluding hydrogens is 328 g/mol. The van der Waals surface area contributed by atoms with Crippen molar-refractivity contribution in [3.8, 4) is 11.5 Å². The van der Waals surface area contributed by atoms with Crippen LogP contribution in [0, 0.1) is 11.8 Å². The molecule has 2 aliphatic heterocycles. The van der Waals surface area contributed by atoms with Crippen LogP contribution in [0.2, 0.25) is 0 Å². The number of carbonyl (C=O) groups excluding carboxylic acids is 1. The van der Waals surface area contributed by atoms with E-state index < -0.39 is 0 Å². The number of carbonyl (C=O) groups is 1. The van der Waals surface area contributed by atoms with E-state index in [0.29, 0.717) is 6.61 Å². The third-order valence-corrected chi connectivity index (χ3v) is 5.73. The lowest BCUT2D eigenvalue weighted by Crippen LogP contribution is -2.39. The Morgan fingerprint density at radius 1 is 1.27 bits per heavy atom. The lowest BCUT2D eigenvalue weighted by molar-refractivity contribution is -0.121. The Balaban J connectivity index is 1.40. The second-order valence-corrected chi connectivity index (χ2v) is 8.03. The van der Waals surface area contributed by atoms with Crippen molar-refractivity contribution in [2.24, 2.45) is 11.8 Å². The summed E-state index contributed by atoms with van der Waals surface area (Å²) >= 11 is 0. The average molecular weight is 358 g/mol. The van der Waals surface area contributed by atoms with Gasteiger partial charge in [0.1, 0.15) is 17.6 Å². The Morgan fingerprint density at radius 2 is 2.04 bits per heavy atom. The topological polar surface area (TPSA) is 50.8 Å². The van der Waals surface area contributed by atoms with E-state index in [-0.39, 0.29) is 17.9 Å². The van der Waals surface area contributed by atoms with Crippen LogP contribution in [0.4, 0.5) is 5.69 Å². The second kappa shape index (κ2) is 7.47. The van der Waals surface area contributed by atoms with Crippen LogP contribution in [0.5, 0.6) is 11.5 Å². The molecule has 5 nitrogen and oxygen atoms in total. The summed E-state index contributed by atoms with van der Waals surface area (Å²) in [4.78, 5) is 15.3. The summed E-state index contributed by atoms with van der Waals surface area (Å²) in [6.07, 6.45) is 5.74. The Hall–Kier alpha value is -1.75. The number of likely N-dealkylation sites (tertiary alicyclic amines) is 1. The van der Waals surface area contributed by atoms with E-state index >= 15 is 0 Å². The molecule has 1 aromatic carbocycles. The summed E-state index contributed by atoms with van der Waals surface area (Å²) in [6.45, 7) is 7.91. The van der Waals surface area contributed by atoms with Gasteiger partial charge in [0.25, 0.3) is 0 Å². The van der Waals surface area contributed by atoms with Gasteiger partial charge in [0.05, 0.1) is 12.3 Å². The Morgan fingerprint density at radius 3 is 2.73 bits per heavy atom. The summed E-state index contributed by atoms with van der Waals surface area (Å²) < 4.78 is 11.6. The van der Waals surface area contributed by atoms with Gasteiger partial charge in [0, 0.05) is 30.5 Å². The maximum absolute atomic E-state index is 12.8. The van der Waals surface area contributed by atoms with E-state index in [1.165, 1.54) is 19.4 Å². The van der Waals surface area contributed by atoms with Gasteiger partial charge < -0.3 is 19.7 Å². The molecule has 1 N–H and O–H groups in total. The predicted molar refractivity (Wildman–Crippen MR) is 102 cm³/mol. The monoisotopic (exact) mass is 358 g/mol. The largest absolute Gasteiger partial charge is 0.492 e. The zero-order chi connectivity index (χ0) is 18.1. The third kappa shape index (κ3) is 3.98. The number of rotatable bonds is 6. The highest BCUT2D eigenvalue weighted by Crippen LogP contribution is 2.38. The van der Waals surface area contributed by atoms with Crippen LogP contribution in [-0.4, -0.2) is 43.2 Å². The van der Waals surface area contributed by atoms with Crippen molar-refractivity contribution in [2.75, 3.05) is 31.6 Å². The highest BCUT2D eigenvalue weighted by atomic mass is 16.5. The SMILES string of the molecule is CCOc1cc2c(cc1NC(=O)C1CCN(CC3CC3)CC1)OC(C)C2. The van der Waals surface area contributed by atoms with Gasteiger partial charge in [-0.1, -0.05) is 0 Å². The smallest absolute Gasteiger partial charge is 0.227 e. The molecule has 0 spiro atoms. The van der Waals surface area contributed by atoms with Crippen LogP contribution >= 0.6 is 0 Å². The molecule has 4 rings (SSSR count). The van der Waals surface area contributed by atoms with E-state index in [9.17, 15) is 4.79 Å². The molecule has 1 saturated carbocycles. The minimum Gasteiger partial charge on any atom is -0.492 e. The van der Waals surface area contributed by atoms with Gasteiger partial charge in [-0.2, -0.15) is 0 Å². The zero-order valence-corrected chi connectivity index (χ0v) is 15.9. The molecule has 1 unspecified atom stereocenters. The van der Waals surface area contributed by atoms with E-state index in [4.69, 9.17) is 9.47 Å². The van der Waals surface area contributed by atoms with E-state index in [2.05, 4.69) is 17.1 Å². The van der Waals surface area contributed by atoms with Gasteiger partial charge >= 0.3 is 0 Å². The number of nitrogens with one attached hydrogen (secondary N) is 1. The van der Waals surface area contributed by atoms with Crippen LogP contribution in [0.1, 0.15) is 45.1 Å². The highest BCUT2D eigenvalue weighted by molar-refractivity contribution is 5.94. The second-order valence-electron chi connectivity index (χ2n) is 8.03. The molecule has 1 aliphatic carbocycles. The number of fused-ring (bicyclic) bond motifs is 1. The van der Waals surface area contributed by atoms with Gasteiger partial charge in [-0.25, -0.2) is 0 Å². The molecule has 1 saturated heterocycles. The van der Waals surface area contributed by atoms with Gasteiger partial charge in [-0.3, -0.25) is 4.79 Å². The molecule has 2 fully saturated rings. The first-order valence-corrected chi connectivity index (χ1v) is 10.1. The van der Waals surface area contributed by atoms with Crippen molar-refractivity contribution in [1.29, 1.82) is 0 Å². The molecule has 26 heavy (non-hydrogen) atoms. The van der Waals surface area contributed by atoms with E-state index in [0.717, 1.165) is 61.0 Å². The standard InChI is InChI=1S/C21H30N2O3/c1-3-25-20-11-17-10-14(2)26-19(17)12-18(20)22-21(24)16-6-8-23(9-7-16)13-15-4-5-15/h11-12,14-16H,3-10,13H2,1-2H3,(H,22,24). The molecule has 1 atom stereocenters. The van der Waals surface area contributed by atoms with Crippen LogP contribution < -0.4 is 14.8 Å². The molecule has 0 aromatic heterocycles. The first-order chi connectivity index (χ1) is 12.6. The van der Waals surface area contributed by atoms with Gasteiger partial charge in [0.15, 0.2) is 0 Å². The number of nitrogens with zero attached hydrogens (tertiary/aromatic N) is 1. The molecule has 3 aliphatic rings. The molecule has 0 radical (unpaired) electrons. The maximum Gasteiger partial charge on any atom is 0.227 e. The molecule has 1 aromatic rings. The van der Waals surface area contributed by atoms with E-state index in [1.807, 2.05) is 19.1 Å². The Labute approximate surface area is 156 Å². The van der Waals surface area contributed by atoms with Crippen molar-refractivity contribution in [1.82, 2.24) is 4.90 Å². The molecule has 2 heterocycles. The van der Waals surface area contributed by atoms with Crippen molar-refractivity contribution < 1.29 is 14.3 Å². The van der Waals surface area contributed by atoms with Crippen LogP contribution in [-0.2, 0) is 11.2 Å². The number of anilines is 1. The van der Waals surface area contributed by atoms with Gasteiger partial charge in [0.2, 0.25) is 5.91 Å². The number of hydrogen-bond acceptors (Lipinski definition) is 4. The normalized spacial score (nSPS) is 23.4. The predicted octanol–water partition coefficient (Wildman–Crippen LogP) is 3.47. The summed E-state index contributed by atoms with van der Waals surface area (Å²) in [5, 5.41) is 3.12. The fraction of sp³-hybridized carbons (Fsp3) is 0.667. The summed E-state index contributed by atoms with van der Waals surface area (Å²) in [5.74, 6) is 2.75. The molecule has 0 bridgehead atoms. The minimum absolute atomic E-state index is 0.0908. The van der Waals surface area contributed by atoms with Gasteiger partial charge in [-0.05, 0) is 64.6 Å². The first-order valence-electron chi connectivity index (χ1n) is 10.1. The fourth-order valence-electron chi connectivity index (χ4n) is 4.09. The van der Waals surface area contributed by atoms with Crippen molar-refractivity contribution in [3.05, 3.63) is 17.7 Å². The molecule has 142 valence electrons. The lowest BCUT2D eigenvalue weighted by atomic mass is 9.95. The van der Waals surface area contributed by atoms with E-state index in [1.54, 1.807) is 0 Å². The molecular formula is C21H30N2O3.